The fourth-order valence-electron chi connectivity index (χ4n) is 3.31. The van der Waals surface area contributed by atoms with Crippen molar-refractivity contribution in [1.29, 1.82) is 0 Å². The first-order chi connectivity index (χ1) is 14.4. The van der Waals surface area contributed by atoms with Gasteiger partial charge in [0.25, 0.3) is 0 Å². The van der Waals surface area contributed by atoms with Crippen LogP contribution in [0.1, 0.15) is 21.6 Å². The zero-order valence-corrected chi connectivity index (χ0v) is 16.4. The second-order valence-electron chi connectivity index (χ2n) is 6.88. The molecule has 4 aromatic rings. The zero-order chi connectivity index (χ0) is 21.3. The molecule has 0 aliphatic carbocycles. The van der Waals surface area contributed by atoms with E-state index in [1.165, 1.54) is 19.2 Å². The Morgan fingerprint density at radius 1 is 0.933 bits per heavy atom. The molecule has 30 heavy (non-hydrogen) atoms. The molecule has 1 aromatic heterocycles. The van der Waals surface area contributed by atoms with Gasteiger partial charge in [0.1, 0.15) is 17.4 Å². The minimum atomic E-state index is -0.670. The third kappa shape index (κ3) is 3.85. The molecule has 0 spiro atoms. The van der Waals surface area contributed by atoms with Crippen molar-refractivity contribution in [2.24, 2.45) is 0 Å². The summed E-state index contributed by atoms with van der Waals surface area (Å²) in [7, 11) is 1.54. The lowest BCUT2D eigenvalue weighted by atomic mass is 9.97. The Kier molecular flexibility index (Phi) is 5.14. The predicted octanol–water partition coefficient (Wildman–Crippen LogP) is 5.37. The Morgan fingerprint density at radius 3 is 2.33 bits per heavy atom. The maximum atomic E-state index is 13.6. The molecule has 3 aromatic carbocycles. The van der Waals surface area contributed by atoms with Gasteiger partial charge in [0, 0.05) is 23.4 Å². The normalized spacial score (nSPS) is 10.8. The number of carbonyl (C=O) groups is 1. The minimum Gasteiger partial charge on any atom is -0.495 e. The van der Waals surface area contributed by atoms with E-state index in [0.29, 0.717) is 28.0 Å². The fourth-order valence-corrected chi connectivity index (χ4v) is 3.31. The van der Waals surface area contributed by atoms with E-state index in [4.69, 9.17) is 4.74 Å². The number of aromatic nitrogens is 2. The highest BCUT2D eigenvalue weighted by Crippen LogP contribution is 2.27. The average molecular weight is 404 g/mol. The number of benzene rings is 3. The molecule has 0 saturated carbocycles. The average Bonchev–Trinajstić information content (AvgIpc) is 3.18. The van der Waals surface area contributed by atoms with E-state index in [-0.39, 0.29) is 5.78 Å². The number of carbonyl (C=O) groups excluding carboxylic acids is 1. The maximum Gasteiger partial charge on any atom is 0.193 e. The first kappa shape index (κ1) is 19.5. The molecule has 0 aliphatic heterocycles. The van der Waals surface area contributed by atoms with Gasteiger partial charge in [-0.05, 0) is 54.4 Å². The van der Waals surface area contributed by atoms with Gasteiger partial charge in [-0.2, -0.15) is 0 Å². The van der Waals surface area contributed by atoms with Crippen molar-refractivity contribution in [2.75, 3.05) is 7.11 Å². The summed E-state index contributed by atoms with van der Waals surface area (Å²) in [6, 6.07) is 15.1. The summed E-state index contributed by atoms with van der Waals surface area (Å²) in [5.74, 6) is -1.03. The van der Waals surface area contributed by atoms with Gasteiger partial charge in [0.2, 0.25) is 0 Å². The van der Waals surface area contributed by atoms with Gasteiger partial charge < -0.3 is 9.30 Å². The molecule has 0 radical (unpaired) electrons. The van der Waals surface area contributed by atoms with Gasteiger partial charge >= 0.3 is 0 Å². The molecule has 0 atom stereocenters. The monoisotopic (exact) mass is 404 g/mol. The molecule has 4 rings (SSSR count). The van der Waals surface area contributed by atoms with Crippen LogP contribution in [-0.4, -0.2) is 22.4 Å². The molecule has 6 heteroatoms. The molecular formula is C24H18F2N2O2. The number of ether oxygens (including phenoxy) is 1. The number of nitrogens with zero attached hydrogens (tertiary/aromatic N) is 2. The number of hydrogen-bond acceptors (Lipinski definition) is 3. The van der Waals surface area contributed by atoms with Crippen LogP contribution in [0.2, 0.25) is 0 Å². The summed E-state index contributed by atoms with van der Waals surface area (Å²) in [6.07, 6.45) is 3.54. The van der Waals surface area contributed by atoms with E-state index in [2.05, 4.69) is 4.98 Å². The van der Waals surface area contributed by atoms with E-state index >= 15 is 0 Å². The molecule has 0 bridgehead atoms. The Balaban J connectivity index is 1.69. The molecule has 0 unspecified atom stereocenters. The number of imidazole rings is 1. The Hall–Kier alpha value is -3.80. The lowest BCUT2D eigenvalue weighted by molar-refractivity contribution is 0.103. The van der Waals surface area contributed by atoms with Crippen LogP contribution in [-0.2, 0) is 0 Å². The smallest absolute Gasteiger partial charge is 0.193 e. The van der Waals surface area contributed by atoms with E-state index in [9.17, 15) is 13.6 Å². The zero-order valence-electron chi connectivity index (χ0n) is 16.4. The van der Waals surface area contributed by atoms with Crippen LogP contribution in [0.15, 0.2) is 73.2 Å². The van der Waals surface area contributed by atoms with Crippen LogP contribution in [0.5, 0.6) is 5.75 Å². The molecular weight excluding hydrogens is 386 g/mol. The van der Waals surface area contributed by atoms with Crippen molar-refractivity contribution < 1.29 is 18.3 Å². The topological polar surface area (TPSA) is 44.1 Å². The highest BCUT2D eigenvalue weighted by atomic mass is 19.1. The Bertz CT molecular complexity index is 1230. The third-order valence-electron chi connectivity index (χ3n) is 4.75. The SMILES string of the molecule is COc1cc(C(=O)c2cccc(-c3cc(F)cc(F)c3)c2)ccc1-n1cnc(C)c1. The number of ketones is 1. The van der Waals surface area contributed by atoms with Gasteiger partial charge in [0.15, 0.2) is 5.78 Å². The molecule has 0 aliphatic rings. The van der Waals surface area contributed by atoms with Crippen LogP contribution >= 0.6 is 0 Å². The van der Waals surface area contributed by atoms with Crippen LogP contribution in [0, 0.1) is 18.6 Å². The predicted molar refractivity (Wildman–Crippen MR) is 110 cm³/mol. The van der Waals surface area contributed by atoms with Crippen molar-refractivity contribution in [3.8, 4) is 22.6 Å². The van der Waals surface area contributed by atoms with Crippen molar-refractivity contribution in [3.05, 3.63) is 102 Å². The van der Waals surface area contributed by atoms with Gasteiger partial charge in [0.05, 0.1) is 24.8 Å². The molecule has 1 heterocycles. The van der Waals surface area contributed by atoms with E-state index in [1.807, 2.05) is 17.7 Å². The molecule has 4 nitrogen and oxygen atoms in total. The van der Waals surface area contributed by atoms with Crippen LogP contribution in [0.25, 0.3) is 16.8 Å². The highest BCUT2D eigenvalue weighted by Gasteiger charge is 2.15. The molecule has 150 valence electrons. The lowest BCUT2D eigenvalue weighted by Crippen LogP contribution is -2.04. The van der Waals surface area contributed by atoms with E-state index < -0.39 is 11.6 Å². The number of rotatable bonds is 5. The molecule has 0 saturated heterocycles. The summed E-state index contributed by atoms with van der Waals surface area (Å²) >= 11 is 0. The first-order valence-corrected chi connectivity index (χ1v) is 9.25. The Labute approximate surface area is 172 Å². The quantitative estimate of drug-likeness (QED) is 0.420. The van der Waals surface area contributed by atoms with Gasteiger partial charge in [-0.15, -0.1) is 0 Å². The Morgan fingerprint density at radius 2 is 1.67 bits per heavy atom. The largest absolute Gasteiger partial charge is 0.495 e. The number of aryl methyl sites for hydroxylation is 1. The second kappa shape index (κ2) is 7.91. The fraction of sp³-hybridized carbons (Fsp3) is 0.0833. The van der Waals surface area contributed by atoms with Gasteiger partial charge in [-0.3, -0.25) is 4.79 Å². The number of halogens is 2. The summed E-state index contributed by atoms with van der Waals surface area (Å²) in [4.78, 5) is 17.3. The summed E-state index contributed by atoms with van der Waals surface area (Å²) in [5, 5.41) is 0. The minimum absolute atomic E-state index is 0.222. The van der Waals surface area contributed by atoms with E-state index in [0.717, 1.165) is 17.4 Å². The van der Waals surface area contributed by atoms with Crippen molar-refractivity contribution >= 4 is 5.78 Å². The van der Waals surface area contributed by atoms with Crippen LogP contribution in [0.4, 0.5) is 8.78 Å². The number of hydrogen-bond donors (Lipinski definition) is 0. The summed E-state index contributed by atoms with van der Waals surface area (Å²) in [5.41, 5.74) is 3.39. The van der Waals surface area contributed by atoms with Crippen LogP contribution < -0.4 is 4.74 Å². The van der Waals surface area contributed by atoms with E-state index in [1.54, 1.807) is 48.8 Å². The molecule has 0 amide bonds. The second-order valence-corrected chi connectivity index (χ2v) is 6.88. The lowest BCUT2D eigenvalue weighted by Gasteiger charge is -2.11. The van der Waals surface area contributed by atoms with Crippen molar-refractivity contribution in [1.82, 2.24) is 9.55 Å². The summed E-state index contributed by atoms with van der Waals surface area (Å²) < 4.78 is 34.4. The van der Waals surface area contributed by atoms with Crippen molar-refractivity contribution in [3.63, 3.8) is 0 Å². The number of methoxy groups -OCH3 is 1. The molecule has 0 N–H and O–H groups in total. The highest BCUT2D eigenvalue weighted by molar-refractivity contribution is 6.10. The van der Waals surface area contributed by atoms with Gasteiger partial charge in [-0.1, -0.05) is 18.2 Å². The summed E-state index contributed by atoms with van der Waals surface area (Å²) in [6.45, 7) is 1.89. The molecule has 0 fully saturated rings. The first-order valence-electron chi connectivity index (χ1n) is 9.25. The maximum absolute atomic E-state index is 13.6. The standard InChI is InChI=1S/C24H18F2N2O2/c1-15-13-28(14-27-15)22-7-6-18(11-23(22)30-2)24(29)17-5-3-4-16(8-17)19-9-20(25)12-21(26)10-19/h3-14H,1-2H3. The van der Waals surface area contributed by atoms with Crippen LogP contribution in [0.3, 0.4) is 0 Å². The van der Waals surface area contributed by atoms with Gasteiger partial charge in [-0.25, -0.2) is 13.8 Å². The third-order valence-corrected chi connectivity index (χ3v) is 4.75. The van der Waals surface area contributed by atoms with Crippen molar-refractivity contribution in [2.45, 2.75) is 6.92 Å².